The monoisotopic (exact) mass is 378 g/mol. The van der Waals surface area contributed by atoms with Crippen molar-refractivity contribution in [1.82, 2.24) is 0 Å². The zero-order chi connectivity index (χ0) is 20.2. The van der Waals surface area contributed by atoms with Gasteiger partial charge in [0, 0.05) is 5.69 Å². The van der Waals surface area contributed by atoms with E-state index in [-0.39, 0.29) is 11.3 Å². The van der Waals surface area contributed by atoms with Crippen LogP contribution in [-0.2, 0) is 11.0 Å². The number of amides is 1. The minimum atomic E-state index is -4.55. The largest absolute Gasteiger partial charge is 0.490 e. The van der Waals surface area contributed by atoms with E-state index in [4.69, 9.17) is 10.00 Å². The van der Waals surface area contributed by atoms with Crippen molar-refractivity contribution in [2.24, 2.45) is 0 Å². The van der Waals surface area contributed by atoms with Crippen LogP contribution in [0.15, 0.2) is 42.5 Å². The lowest BCUT2D eigenvalue weighted by Crippen LogP contribution is -2.45. The molecule has 0 bridgehead atoms. The Morgan fingerprint density at radius 2 is 1.85 bits per heavy atom. The fraction of sp³-hybridized carbons (Fsp3) is 0.263. The second kappa shape index (κ2) is 7.68. The lowest BCUT2D eigenvalue weighted by Gasteiger charge is -2.23. The van der Waals surface area contributed by atoms with E-state index >= 15 is 0 Å². The molecule has 0 heterocycles. The number of aryl methyl sites for hydroxylation is 1. The average Bonchev–Trinajstić information content (AvgIpc) is 2.61. The molecule has 1 amide bonds. The van der Waals surface area contributed by atoms with E-state index in [0.717, 1.165) is 6.07 Å². The maximum atomic E-state index is 13.0. The van der Waals surface area contributed by atoms with Crippen LogP contribution >= 0.6 is 0 Å². The third kappa shape index (κ3) is 5.21. The summed E-state index contributed by atoms with van der Waals surface area (Å²) >= 11 is 0. The lowest BCUT2D eigenvalue weighted by atomic mass is 10.1. The number of anilines is 1. The molecule has 27 heavy (non-hydrogen) atoms. The molecule has 0 aromatic heterocycles. The van der Waals surface area contributed by atoms with Gasteiger partial charge in [-0.05, 0) is 55.8 Å². The summed E-state index contributed by atoms with van der Waals surface area (Å²) in [6.07, 6.45) is -4.55. The first-order valence-electron chi connectivity index (χ1n) is 7.87. The topological polar surface area (TPSA) is 82.3 Å². The summed E-state index contributed by atoms with van der Waals surface area (Å²) in [6, 6.07) is 11.3. The van der Waals surface area contributed by atoms with Crippen LogP contribution in [0.25, 0.3) is 0 Å². The summed E-state index contributed by atoms with van der Waals surface area (Å²) in [5.41, 5.74) is -2.49. The van der Waals surface area contributed by atoms with Crippen molar-refractivity contribution in [1.29, 1.82) is 5.26 Å². The van der Waals surface area contributed by atoms with E-state index in [1.165, 1.54) is 50.2 Å². The number of carbonyl (C=O) groups is 1. The number of nitriles is 1. The maximum Gasteiger partial charge on any atom is 0.416 e. The third-order valence-electron chi connectivity index (χ3n) is 3.79. The Kier molecular flexibility index (Phi) is 5.76. The summed E-state index contributed by atoms with van der Waals surface area (Å²) in [7, 11) is 0. The second-order valence-electron chi connectivity index (χ2n) is 6.18. The van der Waals surface area contributed by atoms with Gasteiger partial charge in [-0.15, -0.1) is 0 Å². The lowest BCUT2D eigenvalue weighted by molar-refractivity contribution is -0.138. The van der Waals surface area contributed by atoms with E-state index in [1.54, 1.807) is 0 Å². The first-order chi connectivity index (χ1) is 12.5. The number of halogens is 3. The number of carbonyl (C=O) groups excluding carboxylic acids is 1. The molecule has 142 valence electrons. The van der Waals surface area contributed by atoms with Crippen LogP contribution in [0, 0.1) is 18.3 Å². The van der Waals surface area contributed by atoms with Gasteiger partial charge >= 0.3 is 6.18 Å². The van der Waals surface area contributed by atoms with Gasteiger partial charge in [0.05, 0.1) is 17.2 Å². The predicted molar refractivity (Wildman–Crippen MR) is 92.1 cm³/mol. The van der Waals surface area contributed by atoms with Gasteiger partial charge in [0.25, 0.3) is 5.91 Å². The van der Waals surface area contributed by atoms with E-state index in [9.17, 15) is 23.1 Å². The van der Waals surface area contributed by atoms with Gasteiger partial charge in [-0.2, -0.15) is 18.4 Å². The third-order valence-corrected chi connectivity index (χ3v) is 3.79. The normalized spacial score (nSPS) is 13.4. The predicted octanol–water partition coefficient (Wildman–Crippen LogP) is 3.65. The highest BCUT2D eigenvalue weighted by atomic mass is 19.4. The van der Waals surface area contributed by atoms with Gasteiger partial charge in [-0.25, -0.2) is 0 Å². The van der Waals surface area contributed by atoms with Crippen LogP contribution in [0.3, 0.4) is 0 Å². The van der Waals surface area contributed by atoms with Crippen molar-refractivity contribution in [2.45, 2.75) is 25.6 Å². The Bertz CT molecular complexity index is 869. The van der Waals surface area contributed by atoms with Crippen molar-refractivity contribution in [3.8, 4) is 11.8 Å². The fourth-order valence-corrected chi connectivity index (χ4v) is 2.19. The summed E-state index contributed by atoms with van der Waals surface area (Å²) in [4.78, 5) is 12.2. The molecule has 2 aromatic rings. The number of ether oxygens (including phenoxy) is 1. The number of alkyl halides is 3. The van der Waals surface area contributed by atoms with Crippen LogP contribution in [0.1, 0.15) is 23.6 Å². The first-order valence-corrected chi connectivity index (χ1v) is 7.87. The summed E-state index contributed by atoms with van der Waals surface area (Å²) in [5, 5.41) is 21.3. The van der Waals surface area contributed by atoms with E-state index in [2.05, 4.69) is 5.32 Å². The van der Waals surface area contributed by atoms with Crippen LogP contribution in [-0.4, -0.2) is 23.2 Å². The van der Waals surface area contributed by atoms with Gasteiger partial charge in [-0.3, -0.25) is 4.79 Å². The maximum absolute atomic E-state index is 13.0. The molecule has 0 aliphatic carbocycles. The minimum absolute atomic E-state index is 0.0245. The molecule has 2 aromatic carbocycles. The molecule has 0 fully saturated rings. The van der Waals surface area contributed by atoms with Crippen molar-refractivity contribution >= 4 is 11.6 Å². The molecule has 0 spiro atoms. The smallest absolute Gasteiger partial charge is 0.416 e. The Morgan fingerprint density at radius 3 is 2.41 bits per heavy atom. The average molecular weight is 378 g/mol. The molecule has 8 heteroatoms. The van der Waals surface area contributed by atoms with E-state index in [0.29, 0.717) is 11.3 Å². The molecule has 0 saturated carbocycles. The molecular formula is C19H17F3N2O3. The summed E-state index contributed by atoms with van der Waals surface area (Å²) in [6.45, 7) is 2.07. The van der Waals surface area contributed by atoms with Gasteiger partial charge in [0.2, 0.25) is 0 Å². The van der Waals surface area contributed by atoms with Crippen LogP contribution in [0.4, 0.5) is 18.9 Å². The van der Waals surface area contributed by atoms with Crippen molar-refractivity contribution < 1.29 is 27.8 Å². The number of benzene rings is 2. The first kappa shape index (κ1) is 20.3. The number of nitrogens with one attached hydrogen (secondary N) is 1. The molecule has 0 aliphatic rings. The highest BCUT2D eigenvalue weighted by Gasteiger charge is 2.34. The van der Waals surface area contributed by atoms with E-state index < -0.39 is 29.9 Å². The molecule has 1 atom stereocenters. The van der Waals surface area contributed by atoms with Gasteiger partial charge < -0.3 is 15.2 Å². The van der Waals surface area contributed by atoms with E-state index in [1.807, 2.05) is 6.07 Å². The summed E-state index contributed by atoms with van der Waals surface area (Å²) in [5.74, 6) is -0.579. The second-order valence-corrected chi connectivity index (χ2v) is 6.18. The highest BCUT2D eigenvalue weighted by Crippen LogP contribution is 2.33. The molecule has 0 radical (unpaired) electrons. The van der Waals surface area contributed by atoms with Gasteiger partial charge in [0.1, 0.15) is 12.4 Å². The molecule has 0 saturated heterocycles. The van der Waals surface area contributed by atoms with Crippen molar-refractivity contribution in [3.05, 3.63) is 59.2 Å². The van der Waals surface area contributed by atoms with Crippen molar-refractivity contribution in [3.63, 3.8) is 0 Å². The Balaban J connectivity index is 2.06. The molecule has 0 aliphatic heterocycles. The molecule has 2 rings (SSSR count). The van der Waals surface area contributed by atoms with Crippen LogP contribution in [0.5, 0.6) is 5.75 Å². The highest BCUT2D eigenvalue weighted by molar-refractivity contribution is 5.97. The van der Waals surface area contributed by atoms with Gasteiger partial charge in [-0.1, -0.05) is 6.07 Å². The Hall–Kier alpha value is -3.05. The van der Waals surface area contributed by atoms with Crippen LogP contribution in [0.2, 0.25) is 0 Å². The summed E-state index contributed by atoms with van der Waals surface area (Å²) < 4.78 is 44.2. The fourth-order valence-electron chi connectivity index (χ4n) is 2.19. The quantitative estimate of drug-likeness (QED) is 0.832. The molecular weight excluding hydrogens is 361 g/mol. The number of aliphatic hydroxyl groups is 1. The SMILES string of the molecule is Cc1ccc(NC(=O)[C@@](C)(O)COc2ccc(C#N)cc2)cc1C(F)(F)F. The molecule has 2 N–H and O–H groups in total. The van der Waals surface area contributed by atoms with Crippen LogP contribution < -0.4 is 10.1 Å². The number of hydrogen-bond acceptors (Lipinski definition) is 4. The standard InChI is InChI=1S/C19H17F3N2O3/c1-12-3-6-14(9-16(12)19(20,21)22)24-17(25)18(2,26)11-27-15-7-4-13(10-23)5-8-15/h3-9,26H,11H2,1-2H3,(H,24,25)/t18-/m0/s1. The zero-order valence-corrected chi connectivity index (χ0v) is 14.6. The molecule has 5 nitrogen and oxygen atoms in total. The Morgan fingerprint density at radius 1 is 1.22 bits per heavy atom. The zero-order valence-electron chi connectivity index (χ0n) is 14.6. The van der Waals surface area contributed by atoms with Crippen molar-refractivity contribution in [2.75, 3.05) is 11.9 Å². The molecule has 0 unspecified atom stereocenters. The Labute approximate surface area is 154 Å². The van der Waals surface area contributed by atoms with Gasteiger partial charge in [0.15, 0.2) is 5.60 Å². The number of nitrogens with zero attached hydrogens (tertiary/aromatic N) is 1. The number of rotatable bonds is 5. The number of hydrogen-bond donors (Lipinski definition) is 2. The minimum Gasteiger partial charge on any atom is -0.490 e.